The first-order valence-electron chi connectivity index (χ1n) is 15.6. The first kappa shape index (κ1) is 33.1. The fourth-order valence-corrected chi connectivity index (χ4v) is 7.73. The Labute approximate surface area is 280 Å². The number of thiazole rings is 1. The number of aromatic nitrogens is 1. The molecule has 0 saturated carbocycles. The van der Waals surface area contributed by atoms with Crippen LogP contribution < -0.4 is 5.32 Å². The van der Waals surface area contributed by atoms with Crippen molar-refractivity contribution >= 4 is 57.4 Å². The molecule has 2 saturated heterocycles. The van der Waals surface area contributed by atoms with E-state index in [1.165, 1.54) is 30.8 Å². The number of furan rings is 1. The number of morpholine rings is 1. The number of nitrogens with zero attached hydrogens (tertiary/aromatic N) is 3. The summed E-state index contributed by atoms with van der Waals surface area (Å²) in [7, 11) is 1.36. The second-order valence-electron chi connectivity index (χ2n) is 12.1. The average molecular weight is 683 g/mol. The minimum atomic E-state index is -0.655. The van der Waals surface area contributed by atoms with Crippen LogP contribution in [-0.2, 0) is 31.9 Å². The molecule has 2 aromatic carbocycles. The predicted molar refractivity (Wildman–Crippen MR) is 176 cm³/mol. The molecule has 2 amide bonds. The van der Waals surface area contributed by atoms with Crippen LogP contribution >= 0.6 is 22.9 Å². The van der Waals surface area contributed by atoms with Crippen molar-refractivity contribution < 1.29 is 32.7 Å². The molecule has 2 aromatic heterocycles. The third-order valence-corrected chi connectivity index (χ3v) is 10.1. The molecule has 0 aliphatic carbocycles. The molecule has 0 radical (unpaired) electrons. The van der Waals surface area contributed by atoms with Crippen molar-refractivity contribution in [3.63, 3.8) is 0 Å². The molecule has 47 heavy (non-hydrogen) atoms. The van der Waals surface area contributed by atoms with Gasteiger partial charge >= 0.3 is 5.97 Å². The number of hydrogen-bond donors (Lipinski definition) is 1. The number of aryl methyl sites for hydroxylation is 1. The van der Waals surface area contributed by atoms with Gasteiger partial charge < -0.3 is 24.1 Å². The fraction of sp³-hybridized carbons (Fsp3) is 0.412. The number of amides is 2. The molecule has 10 nitrogen and oxygen atoms in total. The number of fused-ring (bicyclic) bond motifs is 1. The van der Waals surface area contributed by atoms with E-state index < -0.39 is 11.7 Å². The molecule has 4 aromatic rings. The van der Waals surface area contributed by atoms with Crippen molar-refractivity contribution in [2.75, 3.05) is 32.1 Å². The van der Waals surface area contributed by atoms with Crippen molar-refractivity contribution in [3.8, 4) is 0 Å². The zero-order valence-electron chi connectivity index (χ0n) is 26.3. The largest absolute Gasteiger partial charge is 0.469 e. The molecule has 4 atom stereocenters. The summed E-state index contributed by atoms with van der Waals surface area (Å²) in [5.41, 5.74) is 1.07. The van der Waals surface area contributed by atoms with Gasteiger partial charge in [0.15, 0.2) is 0 Å². The summed E-state index contributed by atoms with van der Waals surface area (Å²) >= 11 is 7.99. The van der Waals surface area contributed by atoms with E-state index in [4.69, 9.17) is 25.5 Å². The summed E-state index contributed by atoms with van der Waals surface area (Å²) in [5, 5.41) is 4.17. The number of carbonyl (C=O) groups excluding carboxylic acids is 3. The third kappa shape index (κ3) is 7.35. The van der Waals surface area contributed by atoms with Crippen LogP contribution in [-0.4, -0.2) is 77.6 Å². The van der Waals surface area contributed by atoms with E-state index in [9.17, 15) is 14.4 Å². The number of likely N-dealkylation sites (tertiary alicyclic amines) is 1. The molecule has 0 spiro atoms. The normalized spacial score (nSPS) is 21.7. The van der Waals surface area contributed by atoms with Crippen molar-refractivity contribution in [1.29, 1.82) is 0 Å². The lowest BCUT2D eigenvalue weighted by atomic mass is 10.1. The number of methoxy groups -OCH3 is 1. The molecule has 248 valence electrons. The predicted octanol–water partition coefficient (Wildman–Crippen LogP) is 6.03. The van der Waals surface area contributed by atoms with Crippen LogP contribution in [0.1, 0.15) is 58.5 Å². The fourth-order valence-electron chi connectivity index (χ4n) is 6.45. The van der Waals surface area contributed by atoms with Gasteiger partial charge in [-0.25, -0.2) is 9.37 Å². The van der Waals surface area contributed by atoms with Crippen LogP contribution in [0.5, 0.6) is 0 Å². The van der Waals surface area contributed by atoms with E-state index in [1.54, 1.807) is 35.4 Å². The lowest BCUT2D eigenvalue weighted by Crippen LogP contribution is -2.51. The maximum Gasteiger partial charge on any atom is 0.305 e. The second kappa shape index (κ2) is 14.1. The second-order valence-corrected chi connectivity index (χ2v) is 13.7. The van der Waals surface area contributed by atoms with Crippen LogP contribution in [0, 0.1) is 5.82 Å². The highest BCUT2D eigenvalue weighted by Crippen LogP contribution is 2.38. The van der Waals surface area contributed by atoms with E-state index in [0.29, 0.717) is 35.9 Å². The van der Waals surface area contributed by atoms with Gasteiger partial charge in [-0.1, -0.05) is 29.8 Å². The summed E-state index contributed by atoms with van der Waals surface area (Å²) < 4.78 is 31.7. The van der Waals surface area contributed by atoms with Gasteiger partial charge in [-0.3, -0.25) is 19.3 Å². The Kier molecular flexibility index (Phi) is 9.93. The number of rotatable bonds is 9. The molecule has 0 unspecified atom stereocenters. The molecule has 0 bridgehead atoms. The van der Waals surface area contributed by atoms with Crippen molar-refractivity contribution in [3.05, 3.63) is 80.7 Å². The van der Waals surface area contributed by atoms with Crippen molar-refractivity contribution in [2.24, 2.45) is 0 Å². The van der Waals surface area contributed by atoms with Crippen LogP contribution in [0.3, 0.4) is 0 Å². The van der Waals surface area contributed by atoms with Crippen molar-refractivity contribution in [1.82, 2.24) is 14.8 Å². The Hall–Kier alpha value is -3.84. The number of benzene rings is 2. The Bertz CT molecular complexity index is 1790. The minimum Gasteiger partial charge on any atom is -0.469 e. The quantitative estimate of drug-likeness (QED) is 0.213. The molecule has 2 aliphatic rings. The number of anilines is 1. The smallest absolute Gasteiger partial charge is 0.305 e. The maximum atomic E-state index is 15.5. The maximum absolute atomic E-state index is 15.5. The average Bonchev–Trinajstić information content (AvgIpc) is 3.80. The van der Waals surface area contributed by atoms with Gasteiger partial charge in [-0.05, 0) is 50.5 Å². The molecule has 4 heterocycles. The Balaban J connectivity index is 1.20. The van der Waals surface area contributed by atoms with Gasteiger partial charge in [0.05, 0.1) is 54.5 Å². The molecule has 6 rings (SSSR count). The summed E-state index contributed by atoms with van der Waals surface area (Å²) in [6.45, 7) is 6.04. The van der Waals surface area contributed by atoms with E-state index >= 15 is 4.39 Å². The first-order chi connectivity index (χ1) is 22.6. The lowest BCUT2D eigenvalue weighted by molar-refractivity contribution is -0.140. The third-order valence-electron chi connectivity index (χ3n) is 8.67. The van der Waals surface area contributed by atoms with Crippen LogP contribution in [0.2, 0.25) is 5.02 Å². The number of para-hydroxylation sites is 1. The lowest BCUT2D eigenvalue weighted by Gasteiger charge is -2.38. The number of halogens is 2. The highest BCUT2D eigenvalue weighted by molar-refractivity contribution is 7.11. The molecule has 2 fully saturated rings. The van der Waals surface area contributed by atoms with Gasteiger partial charge in [0.2, 0.25) is 5.91 Å². The standard InChI is InChI=1S/C34H36ClFN4O6S/c1-19-15-39(16-20(2)46-19)22-12-29(34-37-14-23(47-34)8-9-32(42)44-3)40(17-22)31(41)11-21-10-26(35)28(13-27(21)36)38-33(43)25-18-45-30-7-5-4-6-24(25)30/h4-7,10,13-14,18-20,22,29H,8-9,11-12,15-17H2,1-3H3,(H,38,43)/t19-,20+,22-,29-/m0/s1. The molecular formula is C34H36ClFN4O6S. The van der Waals surface area contributed by atoms with E-state index in [0.717, 1.165) is 29.0 Å². The first-order valence-corrected chi connectivity index (χ1v) is 16.7. The summed E-state index contributed by atoms with van der Waals surface area (Å²) in [5.74, 6) is -1.70. The van der Waals surface area contributed by atoms with Gasteiger partial charge in [0.25, 0.3) is 5.91 Å². The summed E-state index contributed by atoms with van der Waals surface area (Å²) in [6, 6.07) is 9.40. The van der Waals surface area contributed by atoms with E-state index in [-0.39, 0.29) is 65.3 Å². The topological polar surface area (TPSA) is 114 Å². The van der Waals surface area contributed by atoms with Crippen LogP contribution in [0.4, 0.5) is 10.1 Å². The Morgan fingerprint density at radius 1 is 1.15 bits per heavy atom. The van der Waals surface area contributed by atoms with Crippen LogP contribution in [0.15, 0.2) is 53.3 Å². The van der Waals surface area contributed by atoms with Gasteiger partial charge in [0, 0.05) is 42.1 Å². The summed E-state index contributed by atoms with van der Waals surface area (Å²) in [4.78, 5) is 48.3. The SMILES string of the molecule is COC(=O)CCc1cnc([C@@H]2C[C@H](N3C[C@@H](C)O[C@@H](C)C3)CN2C(=O)Cc2cc(Cl)c(NC(=O)c3coc4ccccc34)cc2F)s1. The summed E-state index contributed by atoms with van der Waals surface area (Å²) in [6.07, 6.45) is 4.42. The van der Waals surface area contributed by atoms with Gasteiger partial charge in [-0.2, -0.15) is 0 Å². The van der Waals surface area contributed by atoms with Gasteiger partial charge in [0.1, 0.15) is 22.7 Å². The van der Waals surface area contributed by atoms with E-state index in [1.807, 2.05) is 13.8 Å². The monoisotopic (exact) mass is 682 g/mol. The molecule has 2 aliphatic heterocycles. The van der Waals surface area contributed by atoms with Crippen LogP contribution in [0.25, 0.3) is 11.0 Å². The Morgan fingerprint density at radius 3 is 2.68 bits per heavy atom. The zero-order valence-corrected chi connectivity index (χ0v) is 27.9. The van der Waals surface area contributed by atoms with Gasteiger partial charge in [-0.15, -0.1) is 11.3 Å². The molecular weight excluding hydrogens is 647 g/mol. The number of hydrogen-bond acceptors (Lipinski definition) is 9. The number of carbonyl (C=O) groups is 3. The van der Waals surface area contributed by atoms with E-state index in [2.05, 4.69) is 15.2 Å². The zero-order chi connectivity index (χ0) is 33.2. The highest BCUT2D eigenvalue weighted by atomic mass is 35.5. The number of esters is 1. The number of nitrogens with one attached hydrogen (secondary N) is 1. The molecule has 1 N–H and O–H groups in total. The number of ether oxygens (including phenoxy) is 2. The molecule has 13 heteroatoms. The van der Waals surface area contributed by atoms with Crippen molar-refractivity contribution in [2.45, 2.75) is 63.8 Å². The highest BCUT2D eigenvalue weighted by Gasteiger charge is 2.42. The minimum absolute atomic E-state index is 0.0641. The Morgan fingerprint density at radius 2 is 1.91 bits per heavy atom.